The third-order valence-electron chi connectivity index (χ3n) is 3.40. The molecule has 0 aliphatic heterocycles. The first kappa shape index (κ1) is 16.0. The summed E-state index contributed by atoms with van der Waals surface area (Å²) in [6.07, 6.45) is 1.79. The molecule has 6 nitrogen and oxygen atoms in total. The van der Waals surface area contributed by atoms with Gasteiger partial charge in [-0.1, -0.05) is 6.07 Å². The summed E-state index contributed by atoms with van der Waals surface area (Å²) >= 11 is 3.26. The lowest BCUT2D eigenvalue weighted by Crippen LogP contribution is -2.07. The number of nitrogen functional groups attached to an aromatic ring is 1. The minimum absolute atomic E-state index is 0.302. The van der Waals surface area contributed by atoms with Crippen molar-refractivity contribution in [1.82, 2.24) is 9.97 Å². The minimum atomic E-state index is 0.302. The number of pyridine rings is 2. The van der Waals surface area contributed by atoms with Gasteiger partial charge >= 0.3 is 0 Å². The lowest BCUT2D eigenvalue weighted by Gasteiger charge is -2.11. The molecule has 0 aromatic carbocycles. The van der Waals surface area contributed by atoms with Crippen LogP contribution in [-0.2, 0) is 6.54 Å². The van der Waals surface area contributed by atoms with Crippen molar-refractivity contribution in [2.45, 2.75) is 13.5 Å². The van der Waals surface area contributed by atoms with Crippen LogP contribution in [0.15, 0.2) is 45.6 Å². The standard InChI is InChI=1S/C17H14BrN5O/c1-10-2-3-11(21-8-10)9-22-17-13(7-19)12(6-16(20)23-17)14-4-5-15(18)24-14/h2-6,8H,9H2,1H3,(H3,20,22,23). The molecule has 3 aromatic heterocycles. The zero-order valence-electron chi connectivity index (χ0n) is 12.9. The topological polar surface area (TPSA) is 101 Å². The normalized spacial score (nSPS) is 10.4. The summed E-state index contributed by atoms with van der Waals surface area (Å²) in [5.41, 5.74) is 8.78. The molecule has 0 amide bonds. The monoisotopic (exact) mass is 383 g/mol. The van der Waals surface area contributed by atoms with E-state index in [-0.39, 0.29) is 0 Å². The maximum Gasteiger partial charge on any atom is 0.169 e. The van der Waals surface area contributed by atoms with E-state index in [1.807, 2.05) is 19.1 Å². The van der Waals surface area contributed by atoms with Crippen LogP contribution in [0.2, 0.25) is 0 Å². The number of hydrogen-bond donors (Lipinski definition) is 2. The highest BCUT2D eigenvalue weighted by Crippen LogP contribution is 2.32. The lowest BCUT2D eigenvalue weighted by atomic mass is 10.1. The summed E-state index contributed by atoms with van der Waals surface area (Å²) in [7, 11) is 0. The van der Waals surface area contributed by atoms with E-state index < -0.39 is 0 Å². The number of nitriles is 1. The van der Waals surface area contributed by atoms with Crippen LogP contribution < -0.4 is 11.1 Å². The fraction of sp³-hybridized carbons (Fsp3) is 0.118. The second kappa shape index (κ2) is 6.72. The number of aryl methyl sites for hydroxylation is 1. The summed E-state index contributed by atoms with van der Waals surface area (Å²) < 4.78 is 6.12. The lowest BCUT2D eigenvalue weighted by molar-refractivity contribution is 0.555. The molecule has 0 aliphatic carbocycles. The van der Waals surface area contributed by atoms with Gasteiger partial charge in [-0.05, 0) is 52.7 Å². The van der Waals surface area contributed by atoms with Gasteiger partial charge in [-0.15, -0.1) is 0 Å². The Labute approximate surface area is 147 Å². The van der Waals surface area contributed by atoms with Gasteiger partial charge in [0.15, 0.2) is 4.67 Å². The number of nitrogens with one attached hydrogen (secondary N) is 1. The zero-order valence-corrected chi connectivity index (χ0v) is 14.5. The number of rotatable bonds is 4. The molecule has 3 rings (SSSR count). The van der Waals surface area contributed by atoms with Crippen molar-refractivity contribution in [3.63, 3.8) is 0 Å². The van der Waals surface area contributed by atoms with Crippen molar-refractivity contribution in [2.24, 2.45) is 0 Å². The van der Waals surface area contributed by atoms with Crippen molar-refractivity contribution in [3.05, 3.63) is 58.0 Å². The largest absolute Gasteiger partial charge is 0.449 e. The van der Waals surface area contributed by atoms with E-state index in [0.717, 1.165) is 11.3 Å². The summed E-state index contributed by atoms with van der Waals surface area (Å²) in [4.78, 5) is 8.56. The fourth-order valence-corrected chi connectivity index (χ4v) is 2.54. The first-order valence-electron chi connectivity index (χ1n) is 7.18. The maximum absolute atomic E-state index is 9.55. The van der Waals surface area contributed by atoms with E-state index in [1.165, 1.54) is 0 Å². The molecule has 0 radical (unpaired) electrons. The molecule has 24 heavy (non-hydrogen) atoms. The van der Waals surface area contributed by atoms with Gasteiger partial charge in [-0.3, -0.25) is 4.98 Å². The van der Waals surface area contributed by atoms with E-state index in [1.54, 1.807) is 24.4 Å². The van der Waals surface area contributed by atoms with Crippen LogP contribution in [0, 0.1) is 18.3 Å². The van der Waals surface area contributed by atoms with Gasteiger partial charge in [0.05, 0.1) is 12.2 Å². The number of aromatic nitrogens is 2. The van der Waals surface area contributed by atoms with Crippen LogP contribution in [0.1, 0.15) is 16.8 Å². The van der Waals surface area contributed by atoms with Gasteiger partial charge in [-0.2, -0.15) is 5.26 Å². The Morgan fingerprint density at radius 3 is 2.79 bits per heavy atom. The summed E-state index contributed by atoms with van der Waals surface area (Å²) in [6, 6.07) is 11.2. The van der Waals surface area contributed by atoms with E-state index in [0.29, 0.717) is 39.7 Å². The van der Waals surface area contributed by atoms with E-state index in [4.69, 9.17) is 10.2 Å². The van der Waals surface area contributed by atoms with Crippen LogP contribution in [0.4, 0.5) is 11.6 Å². The van der Waals surface area contributed by atoms with E-state index >= 15 is 0 Å². The second-order valence-electron chi connectivity index (χ2n) is 5.21. The Hall–Kier alpha value is -2.85. The predicted molar refractivity (Wildman–Crippen MR) is 95.1 cm³/mol. The molecule has 0 bridgehead atoms. The average Bonchev–Trinajstić information content (AvgIpc) is 3.00. The minimum Gasteiger partial charge on any atom is -0.449 e. The van der Waals surface area contributed by atoms with Crippen molar-refractivity contribution in [1.29, 1.82) is 5.26 Å². The van der Waals surface area contributed by atoms with Crippen molar-refractivity contribution in [2.75, 3.05) is 11.1 Å². The first-order chi connectivity index (χ1) is 11.6. The zero-order chi connectivity index (χ0) is 17.1. The Kier molecular flexibility index (Phi) is 4.49. The molecule has 0 aliphatic rings. The third kappa shape index (κ3) is 3.39. The highest BCUT2D eigenvalue weighted by atomic mass is 79.9. The second-order valence-corrected chi connectivity index (χ2v) is 6.00. The van der Waals surface area contributed by atoms with E-state index in [9.17, 15) is 5.26 Å². The average molecular weight is 384 g/mol. The van der Waals surface area contributed by atoms with E-state index in [2.05, 4.69) is 37.3 Å². The molecular weight excluding hydrogens is 370 g/mol. The van der Waals surface area contributed by atoms with Crippen LogP contribution in [0.25, 0.3) is 11.3 Å². The Balaban J connectivity index is 1.94. The fourth-order valence-electron chi connectivity index (χ4n) is 2.24. The van der Waals surface area contributed by atoms with Gasteiger partial charge in [-0.25, -0.2) is 4.98 Å². The van der Waals surface area contributed by atoms with Crippen molar-refractivity contribution < 1.29 is 4.42 Å². The Morgan fingerprint density at radius 1 is 1.33 bits per heavy atom. The molecule has 0 saturated heterocycles. The number of anilines is 2. The SMILES string of the molecule is Cc1ccc(CNc2nc(N)cc(-c3ccc(Br)o3)c2C#N)nc1. The van der Waals surface area contributed by atoms with Crippen LogP contribution in [-0.4, -0.2) is 9.97 Å². The van der Waals surface area contributed by atoms with Gasteiger partial charge < -0.3 is 15.5 Å². The number of nitrogens with two attached hydrogens (primary N) is 1. The van der Waals surface area contributed by atoms with Gasteiger partial charge in [0.2, 0.25) is 0 Å². The summed E-state index contributed by atoms with van der Waals surface area (Å²) in [6.45, 7) is 2.41. The number of halogens is 1. The number of nitrogens with zero attached hydrogens (tertiary/aromatic N) is 3. The third-order valence-corrected chi connectivity index (χ3v) is 3.83. The van der Waals surface area contributed by atoms with Gasteiger partial charge in [0.1, 0.15) is 29.0 Å². The highest BCUT2D eigenvalue weighted by Gasteiger charge is 2.16. The predicted octanol–water partition coefficient (Wildman–Crippen LogP) is 3.87. The summed E-state index contributed by atoms with van der Waals surface area (Å²) in [5, 5.41) is 12.7. The van der Waals surface area contributed by atoms with Crippen molar-refractivity contribution >= 4 is 27.6 Å². The Morgan fingerprint density at radius 2 is 2.17 bits per heavy atom. The maximum atomic E-state index is 9.55. The molecule has 0 unspecified atom stereocenters. The molecule has 3 heterocycles. The first-order valence-corrected chi connectivity index (χ1v) is 7.98. The van der Waals surface area contributed by atoms with Gasteiger partial charge in [0, 0.05) is 11.8 Å². The molecule has 0 spiro atoms. The molecule has 3 N–H and O–H groups in total. The molecular formula is C17H14BrN5O. The van der Waals surface area contributed by atoms with Gasteiger partial charge in [0.25, 0.3) is 0 Å². The molecule has 120 valence electrons. The Bertz CT molecular complexity index is 912. The number of hydrogen-bond acceptors (Lipinski definition) is 6. The number of furan rings is 1. The smallest absolute Gasteiger partial charge is 0.169 e. The molecule has 0 saturated carbocycles. The van der Waals surface area contributed by atoms with Crippen LogP contribution in [0.3, 0.4) is 0 Å². The molecule has 0 fully saturated rings. The summed E-state index contributed by atoms with van der Waals surface area (Å²) in [5.74, 6) is 1.25. The quantitative estimate of drug-likeness (QED) is 0.708. The van der Waals surface area contributed by atoms with Crippen molar-refractivity contribution in [3.8, 4) is 17.4 Å². The molecule has 0 atom stereocenters. The molecule has 7 heteroatoms. The van der Waals surface area contributed by atoms with Crippen LogP contribution >= 0.6 is 15.9 Å². The molecule has 3 aromatic rings. The highest BCUT2D eigenvalue weighted by molar-refractivity contribution is 9.10. The van der Waals surface area contributed by atoms with Crippen LogP contribution in [0.5, 0.6) is 0 Å².